The second-order valence-electron chi connectivity index (χ2n) is 3.83. The highest BCUT2D eigenvalue weighted by atomic mass is 35.5. The van der Waals surface area contributed by atoms with Gasteiger partial charge in [0.2, 0.25) is 11.2 Å². The topological polar surface area (TPSA) is 59.9 Å². The van der Waals surface area contributed by atoms with Crippen molar-refractivity contribution in [2.45, 2.75) is 27.2 Å². The predicted molar refractivity (Wildman–Crippen MR) is 64.0 cm³/mol. The minimum atomic E-state index is 0.146. The first kappa shape index (κ1) is 13.0. The lowest BCUT2D eigenvalue weighted by Crippen LogP contribution is -2.12. The van der Waals surface area contributed by atoms with Gasteiger partial charge in [-0.15, -0.1) is 0 Å². The minimum absolute atomic E-state index is 0.146. The molecule has 0 aromatic carbocycles. The minimum Gasteiger partial charge on any atom is -0.463 e. The number of halogens is 1. The van der Waals surface area contributed by atoms with Crippen molar-refractivity contribution >= 4 is 17.5 Å². The van der Waals surface area contributed by atoms with Crippen molar-refractivity contribution < 1.29 is 4.74 Å². The van der Waals surface area contributed by atoms with Gasteiger partial charge in [-0.05, 0) is 23.9 Å². The van der Waals surface area contributed by atoms with Gasteiger partial charge in [-0.2, -0.15) is 15.0 Å². The third kappa shape index (κ3) is 4.61. The maximum absolute atomic E-state index is 5.76. The first-order chi connectivity index (χ1) is 7.61. The van der Waals surface area contributed by atoms with E-state index in [2.05, 4.69) is 34.1 Å². The van der Waals surface area contributed by atoms with Gasteiger partial charge in [-0.25, -0.2) is 0 Å². The van der Waals surface area contributed by atoms with Gasteiger partial charge >= 0.3 is 6.01 Å². The summed E-state index contributed by atoms with van der Waals surface area (Å²) in [6, 6.07) is 0.271. The molecular formula is C10H17ClN4O. The number of nitrogens with one attached hydrogen (secondary N) is 1. The van der Waals surface area contributed by atoms with Crippen molar-refractivity contribution in [2.75, 3.05) is 18.5 Å². The Hall–Kier alpha value is -1.10. The van der Waals surface area contributed by atoms with E-state index in [1.54, 1.807) is 0 Å². The standard InChI is InChI=1S/C10H17ClN4O/c1-4-5-16-10-14-8(11)13-9(15-10)12-6-7(2)3/h7H,4-6H2,1-3H3,(H,12,13,14,15). The van der Waals surface area contributed by atoms with Crippen molar-refractivity contribution in [1.29, 1.82) is 0 Å². The van der Waals surface area contributed by atoms with Crippen LogP contribution in [0.5, 0.6) is 6.01 Å². The summed E-state index contributed by atoms with van der Waals surface area (Å²) in [5.74, 6) is 0.968. The number of aromatic nitrogens is 3. The molecular weight excluding hydrogens is 228 g/mol. The third-order valence-corrected chi connectivity index (χ3v) is 1.86. The van der Waals surface area contributed by atoms with E-state index < -0.39 is 0 Å². The van der Waals surface area contributed by atoms with Gasteiger partial charge in [0, 0.05) is 6.54 Å². The van der Waals surface area contributed by atoms with Crippen LogP contribution in [0.4, 0.5) is 5.95 Å². The summed E-state index contributed by atoms with van der Waals surface area (Å²) in [5.41, 5.74) is 0. The molecule has 0 saturated carbocycles. The third-order valence-electron chi connectivity index (χ3n) is 1.69. The molecule has 0 fully saturated rings. The second-order valence-corrected chi connectivity index (χ2v) is 4.17. The van der Waals surface area contributed by atoms with Crippen LogP contribution in [0, 0.1) is 5.92 Å². The van der Waals surface area contributed by atoms with Crippen LogP contribution in [0.1, 0.15) is 27.2 Å². The van der Waals surface area contributed by atoms with Gasteiger partial charge in [-0.3, -0.25) is 0 Å². The van der Waals surface area contributed by atoms with Gasteiger partial charge in [0.15, 0.2) is 0 Å². The lowest BCUT2D eigenvalue weighted by Gasteiger charge is -2.08. The molecule has 0 bridgehead atoms. The zero-order valence-corrected chi connectivity index (χ0v) is 10.6. The van der Waals surface area contributed by atoms with E-state index in [0.29, 0.717) is 18.5 Å². The molecule has 1 rings (SSSR count). The molecule has 5 nitrogen and oxygen atoms in total. The van der Waals surface area contributed by atoms with Crippen LogP contribution >= 0.6 is 11.6 Å². The molecule has 6 heteroatoms. The molecule has 0 atom stereocenters. The number of rotatable bonds is 6. The van der Waals surface area contributed by atoms with Crippen LogP contribution < -0.4 is 10.1 Å². The van der Waals surface area contributed by atoms with Crippen LogP contribution in [-0.4, -0.2) is 28.1 Å². The summed E-state index contributed by atoms with van der Waals surface area (Å²) < 4.78 is 5.30. The van der Waals surface area contributed by atoms with Gasteiger partial charge in [-0.1, -0.05) is 20.8 Å². The number of ether oxygens (including phenoxy) is 1. The molecule has 1 heterocycles. The molecule has 0 radical (unpaired) electrons. The highest BCUT2D eigenvalue weighted by Crippen LogP contribution is 2.11. The molecule has 0 aliphatic heterocycles. The first-order valence-corrected chi connectivity index (χ1v) is 5.77. The van der Waals surface area contributed by atoms with Crippen LogP contribution in [0.15, 0.2) is 0 Å². The lowest BCUT2D eigenvalue weighted by atomic mass is 10.2. The van der Waals surface area contributed by atoms with E-state index in [4.69, 9.17) is 16.3 Å². The summed E-state index contributed by atoms with van der Waals surface area (Å²) in [5, 5.41) is 3.22. The Morgan fingerprint density at radius 2 is 2.06 bits per heavy atom. The molecule has 0 aliphatic rings. The zero-order chi connectivity index (χ0) is 12.0. The van der Waals surface area contributed by atoms with E-state index in [1.165, 1.54) is 0 Å². The van der Waals surface area contributed by atoms with Crippen molar-refractivity contribution in [3.05, 3.63) is 5.28 Å². The van der Waals surface area contributed by atoms with E-state index in [9.17, 15) is 0 Å². The summed E-state index contributed by atoms with van der Waals surface area (Å²) >= 11 is 5.76. The van der Waals surface area contributed by atoms with Gasteiger partial charge in [0.1, 0.15) is 0 Å². The molecule has 90 valence electrons. The Bertz CT molecular complexity index is 333. The maximum atomic E-state index is 5.76. The SMILES string of the molecule is CCCOc1nc(Cl)nc(NCC(C)C)n1. The average molecular weight is 245 g/mol. The van der Waals surface area contributed by atoms with Crippen molar-refractivity contribution in [3.8, 4) is 6.01 Å². The molecule has 1 aromatic rings. The summed E-state index contributed by atoms with van der Waals surface area (Å²) in [4.78, 5) is 11.9. The Morgan fingerprint density at radius 1 is 1.31 bits per heavy atom. The molecule has 0 saturated heterocycles. The largest absolute Gasteiger partial charge is 0.463 e. The van der Waals surface area contributed by atoms with E-state index >= 15 is 0 Å². The van der Waals surface area contributed by atoms with Crippen molar-refractivity contribution in [1.82, 2.24) is 15.0 Å². The summed E-state index contributed by atoms with van der Waals surface area (Å²) in [6.07, 6.45) is 0.901. The van der Waals surface area contributed by atoms with Crippen molar-refractivity contribution in [2.24, 2.45) is 5.92 Å². The van der Waals surface area contributed by atoms with Gasteiger partial charge in [0.25, 0.3) is 0 Å². The van der Waals surface area contributed by atoms with Crippen LogP contribution in [0.2, 0.25) is 5.28 Å². The molecule has 1 N–H and O–H groups in total. The second kappa shape index (κ2) is 6.48. The lowest BCUT2D eigenvalue weighted by molar-refractivity contribution is 0.291. The Labute approximate surface area is 101 Å². The summed E-state index contributed by atoms with van der Waals surface area (Å²) in [7, 11) is 0. The van der Waals surface area contributed by atoms with E-state index in [-0.39, 0.29) is 11.3 Å². The smallest absolute Gasteiger partial charge is 0.322 e. The monoisotopic (exact) mass is 244 g/mol. The summed E-state index contributed by atoms with van der Waals surface area (Å²) in [6.45, 7) is 7.58. The number of nitrogens with zero attached hydrogens (tertiary/aromatic N) is 3. The zero-order valence-electron chi connectivity index (χ0n) is 9.83. The fourth-order valence-corrected chi connectivity index (χ4v) is 1.12. The van der Waals surface area contributed by atoms with Crippen molar-refractivity contribution in [3.63, 3.8) is 0 Å². The maximum Gasteiger partial charge on any atom is 0.322 e. The Balaban J connectivity index is 2.65. The predicted octanol–water partition coefficient (Wildman–Crippen LogP) is 2.38. The number of hydrogen-bond donors (Lipinski definition) is 1. The van der Waals surface area contributed by atoms with Gasteiger partial charge < -0.3 is 10.1 Å². The average Bonchev–Trinajstić information content (AvgIpc) is 2.23. The number of anilines is 1. The fraction of sp³-hybridized carbons (Fsp3) is 0.700. The van der Waals surface area contributed by atoms with Gasteiger partial charge in [0.05, 0.1) is 6.61 Å². The van der Waals surface area contributed by atoms with Crippen LogP contribution in [0.25, 0.3) is 0 Å². The number of hydrogen-bond acceptors (Lipinski definition) is 5. The Morgan fingerprint density at radius 3 is 2.69 bits per heavy atom. The highest BCUT2D eigenvalue weighted by Gasteiger charge is 2.05. The fourth-order valence-electron chi connectivity index (χ4n) is 0.964. The van der Waals surface area contributed by atoms with Crippen LogP contribution in [0.3, 0.4) is 0 Å². The van der Waals surface area contributed by atoms with Crippen LogP contribution in [-0.2, 0) is 0 Å². The Kier molecular flexibility index (Phi) is 5.25. The highest BCUT2D eigenvalue weighted by molar-refractivity contribution is 6.28. The normalized spacial score (nSPS) is 10.6. The first-order valence-electron chi connectivity index (χ1n) is 5.40. The van der Waals surface area contributed by atoms with E-state index in [0.717, 1.165) is 13.0 Å². The molecule has 0 aliphatic carbocycles. The molecule has 0 unspecified atom stereocenters. The molecule has 0 amide bonds. The molecule has 0 spiro atoms. The molecule has 16 heavy (non-hydrogen) atoms. The van der Waals surface area contributed by atoms with E-state index in [1.807, 2.05) is 6.92 Å². The quantitative estimate of drug-likeness (QED) is 0.833. The molecule has 1 aromatic heterocycles.